The van der Waals surface area contributed by atoms with Gasteiger partial charge in [0.05, 0.1) is 6.54 Å². The van der Waals surface area contributed by atoms with Crippen LogP contribution in [0.2, 0.25) is 0 Å². The van der Waals surface area contributed by atoms with Gasteiger partial charge < -0.3 is 11.1 Å². The van der Waals surface area contributed by atoms with E-state index in [1.807, 2.05) is 31.2 Å². The SMILES string of the molecule is CC(CC(=O)NCC(N)=O)c1ccc(Br)cc1. The fourth-order valence-corrected chi connectivity index (χ4v) is 1.71. The van der Waals surface area contributed by atoms with Crippen molar-refractivity contribution in [3.63, 3.8) is 0 Å². The van der Waals surface area contributed by atoms with E-state index in [-0.39, 0.29) is 18.4 Å². The summed E-state index contributed by atoms with van der Waals surface area (Å²) in [6, 6.07) is 7.81. The van der Waals surface area contributed by atoms with Crippen LogP contribution >= 0.6 is 15.9 Å². The van der Waals surface area contributed by atoms with E-state index in [4.69, 9.17) is 5.73 Å². The third-order valence-corrected chi connectivity index (χ3v) is 2.92. The molecular formula is C12H15BrN2O2. The van der Waals surface area contributed by atoms with Crippen LogP contribution in [0.4, 0.5) is 0 Å². The molecule has 0 bridgehead atoms. The van der Waals surface area contributed by atoms with Crippen LogP contribution in [-0.2, 0) is 9.59 Å². The molecule has 1 rings (SSSR count). The maximum absolute atomic E-state index is 11.5. The molecule has 1 aromatic carbocycles. The molecule has 4 nitrogen and oxygen atoms in total. The van der Waals surface area contributed by atoms with Crippen molar-refractivity contribution in [3.05, 3.63) is 34.3 Å². The van der Waals surface area contributed by atoms with E-state index in [0.717, 1.165) is 10.0 Å². The standard InChI is InChI=1S/C12H15BrN2O2/c1-8(6-12(17)15-7-11(14)16)9-2-4-10(13)5-3-9/h2-5,8H,6-7H2,1H3,(H2,14,16)(H,15,17). The second-order valence-electron chi connectivity index (χ2n) is 3.90. The van der Waals surface area contributed by atoms with Gasteiger partial charge in [-0.05, 0) is 23.6 Å². The lowest BCUT2D eigenvalue weighted by Crippen LogP contribution is -2.33. The Bertz CT molecular complexity index is 403. The molecule has 1 aromatic rings. The van der Waals surface area contributed by atoms with Crippen molar-refractivity contribution in [1.29, 1.82) is 0 Å². The predicted octanol–water partition coefficient (Wildman–Crippen LogP) is 1.54. The fourth-order valence-electron chi connectivity index (χ4n) is 1.45. The van der Waals surface area contributed by atoms with E-state index in [0.29, 0.717) is 6.42 Å². The first-order valence-electron chi connectivity index (χ1n) is 5.29. The van der Waals surface area contributed by atoms with Gasteiger partial charge >= 0.3 is 0 Å². The summed E-state index contributed by atoms with van der Waals surface area (Å²) in [7, 11) is 0. The van der Waals surface area contributed by atoms with Crippen LogP contribution in [0.3, 0.4) is 0 Å². The number of carbonyl (C=O) groups is 2. The van der Waals surface area contributed by atoms with Crippen molar-refractivity contribution in [2.45, 2.75) is 19.3 Å². The third kappa shape index (κ3) is 4.99. The number of amides is 2. The number of halogens is 1. The van der Waals surface area contributed by atoms with Gasteiger partial charge in [0, 0.05) is 10.9 Å². The smallest absolute Gasteiger partial charge is 0.236 e. The molecule has 1 atom stereocenters. The van der Waals surface area contributed by atoms with Gasteiger partial charge in [-0.2, -0.15) is 0 Å². The summed E-state index contributed by atoms with van der Waals surface area (Å²) in [5, 5.41) is 2.47. The van der Waals surface area contributed by atoms with Gasteiger partial charge in [0.25, 0.3) is 0 Å². The highest BCUT2D eigenvalue weighted by Gasteiger charge is 2.11. The zero-order valence-corrected chi connectivity index (χ0v) is 11.2. The van der Waals surface area contributed by atoms with Crippen molar-refractivity contribution < 1.29 is 9.59 Å². The van der Waals surface area contributed by atoms with Crippen molar-refractivity contribution >= 4 is 27.7 Å². The number of benzene rings is 1. The minimum atomic E-state index is -0.533. The average molecular weight is 299 g/mol. The highest BCUT2D eigenvalue weighted by molar-refractivity contribution is 9.10. The summed E-state index contributed by atoms with van der Waals surface area (Å²) in [4.78, 5) is 22.0. The normalized spacial score (nSPS) is 11.9. The molecule has 0 spiro atoms. The lowest BCUT2D eigenvalue weighted by molar-refractivity contribution is -0.125. The number of rotatable bonds is 5. The van der Waals surface area contributed by atoms with Gasteiger partial charge in [-0.15, -0.1) is 0 Å². The molecule has 0 saturated heterocycles. The van der Waals surface area contributed by atoms with Crippen LogP contribution in [0, 0.1) is 0 Å². The molecule has 0 aromatic heterocycles. The molecule has 2 amide bonds. The molecule has 0 radical (unpaired) electrons. The molecule has 17 heavy (non-hydrogen) atoms. The first-order chi connectivity index (χ1) is 7.99. The Morgan fingerprint density at radius 1 is 1.35 bits per heavy atom. The van der Waals surface area contributed by atoms with Gasteiger partial charge in [0.1, 0.15) is 0 Å². The molecule has 0 fully saturated rings. The molecule has 5 heteroatoms. The van der Waals surface area contributed by atoms with E-state index in [1.165, 1.54) is 0 Å². The molecule has 0 aliphatic carbocycles. The minimum Gasteiger partial charge on any atom is -0.368 e. The maximum Gasteiger partial charge on any atom is 0.236 e. The van der Waals surface area contributed by atoms with Crippen molar-refractivity contribution in [1.82, 2.24) is 5.32 Å². The van der Waals surface area contributed by atoms with E-state index in [9.17, 15) is 9.59 Å². The van der Waals surface area contributed by atoms with E-state index in [2.05, 4.69) is 21.2 Å². The van der Waals surface area contributed by atoms with E-state index < -0.39 is 5.91 Å². The first-order valence-corrected chi connectivity index (χ1v) is 6.09. The van der Waals surface area contributed by atoms with Crippen LogP contribution in [0.1, 0.15) is 24.8 Å². The summed E-state index contributed by atoms with van der Waals surface area (Å²) < 4.78 is 1.01. The lowest BCUT2D eigenvalue weighted by atomic mass is 9.98. The molecule has 0 aliphatic heterocycles. The third-order valence-electron chi connectivity index (χ3n) is 2.39. The second-order valence-corrected chi connectivity index (χ2v) is 4.82. The number of nitrogens with one attached hydrogen (secondary N) is 1. The van der Waals surface area contributed by atoms with Crippen LogP contribution in [0.25, 0.3) is 0 Å². The largest absolute Gasteiger partial charge is 0.368 e. The summed E-state index contributed by atoms with van der Waals surface area (Å²) >= 11 is 3.36. The Morgan fingerprint density at radius 3 is 2.47 bits per heavy atom. The number of hydrogen-bond acceptors (Lipinski definition) is 2. The lowest BCUT2D eigenvalue weighted by Gasteiger charge is -2.11. The number of hydrogen-bond donors (Lipinski definition) is 2. The zero-order chi connectivity index (χ0) is 12.8. The summed E-state index contributed by atoms with van der Waals surface area (Å²) in [6.45, 7) is 1.86. The Hall–Kier alpha value is -1.36. The Balaban J connectivity index is 2.48. The number of carbonyl (C=O) groups excluding carboxylic acids is 2. The molecule has 0 saturated carbocycles. The molecule has 92 valence electrons. The summed E-state index contributed by atoms with van der Waals surface area (Å²) in [5.41, 5.74) is 6.03. The maximum atomic E-state index is 11.5. The minimum absolute atomic E-state index is 0.105. The van der Waals surface area contributed by atoms with Crippen molar-refractivity contribution in [2.75, 3.05) is 6.54 Å². The Kier molecular flexibility index (Phi) is 5.15. The second kappa shape index (κ2) is 6.39. The van der Waals surface area contributed by atoms with Gasteiger partial charge in [0.2, 0.25) is 11.8 Å². The molecule has 1 unspecified atom stereocenters. The van der Waals surface area contributed by atoms with Gasteiger partial charge in [0.15, 0.2) is 0 Å². The van der Waals surface area contributed by atoms with Crippen LogP contribution in [0.15, 0.2) is 28.7 Å². The van der Waals surface area contributed by atoms with Gasteiger partial charge in [-0.1, -0.05) is 35.0 Å². The molecule has 3 N–H and O–H groups in total. The fraction of sp³-hybridized carbons (Fsp3) is 0.333. The number of primary amides is 1. The summed E-state index contributed by atoms with van der Waals surface area (Å²) in [5.74, 6) is -0.593. The predicted molar refractivity (Wildman–Crippen MR) is 69.4 cm³/mol. The van der Waals surface area contributed by atoms with Crippen molar-refractivity contribution in [2.24, 2.45) is 5.73 Å². The summed E-state index contributed by atoms with van der Waals surface area (Å²) in [6.07, 6.45) is 0.342. The topological polar surface area (TPSA) is 72.2 Å². The van der Waals surface area contributed by atoms with Gasteiger partial charge in [-0.25, -0.2) is 0 Å². The van der Waals surface area contributed by atoms with Crippen molar-refractivity contribution in [3.8, 4) is 0 Å². The zero-order valence-electron chi connectivity index (χ0n) is 9.57. The van der Waals surface area contributed by atoms with Crippen LogP contribution in [0.5, 0.6) is 0 Å². The van der Waals surface area contributed by atoms with Crippen LogP contribution in [-0.4, -0.2) is 18.4 Å². The molecular weight excluding hydrogens is 284 g/mol. The Labute approximate surface area is 109 Å². The highest BCUT2D eigenvalue weighted by atomic mass is 79.9. The van der Waals surface area contributed by atoms with E-state index >= 15 is 0 Å². The quantitative estimate of drug-likeness (QED) is 0.865. The van der Waals surface area contributed by atoms with Crippen LogP contribution < -0.4 is 11.1 Å². The molecule has 0 aliphatic rings. The first kappa shape index (κ1) is 13.7. The van der Waals surface area contributed by atoms with Gasteiger partial charge in [-0.3, -0.25) is 9.59 Å². The highest BCUT2D eigenvalue weighted by Crippen LogP contribution is 2.20. The average Bonchev–Trinajstić information content (AvgIpc) is 2.27. The van der Waals surface area contributed by atoms with E-state index in [1.54, 1.807) is 0 Å². The number of nitrogens with two attached hydrogens (primary N) is 1. The Morgan fingerprint density at radius 2 is 1.94 bits per heavy atom. The monoisotopic (exact) mass is 298 g/mol. The molecule has 0 heterocycles.